The van der Waals surface area contributed by atoms with Gasteiger partial charge in [0.15, 0.2) is 17.7 Å². The van der Waals surface area contributed by atoms with Crippen molar-refractivity contribution in [1.29, 1.82) is 0 Å². The Morgan fingerprint density at radius 1 is 1.35 bits per heavy atom. The molecule has 8 nitrogen and oxygen atoms in total. The number of ether oxygens (including phenoxy) is 1. The molecule has 4 atom stereocenters. The molecule has 142 valence electrons. The minimum atomic E-state index is -5.14. The summed E-state index contributed by atoms with van der Waals surface area (Å²) in [6, 6.07) is 0. The standard InChI is InChI=1S/C13H11F4N3O5S/c14-5-6(22)3-1-20(11-8(24)7(23)4(2-21)25-11)12(26)19-10(3)18-9(5)13(15,16)17/h1,4,7-8,11,21,23-24H,2H2,(H,18,19,26)/t4-,7?,8+,11-/m1/s1. The van der Waals surface area contributed by atoms with Gasteiger partial charge < -0.3 is 25.0 Å². The van der Waals surface area contributed by atoms with Gasteiger partial charge in [0.2, 0.25) is 10.2 Å². The summed E-state index contributed by atoms with van der Waals surface area (Å²) in [6.07, 6.45) is -9.86. The molecule has 2 aromatic heterocycles. The summed E-state index contributed by atoms with van der Waals surface area (Å²) in [5.74, 6) is -2.04. The van der Waals surface area contributed by atoms with Gasteiger partial charge in [-0.3, -0.25) is 9.36 Å². The number of aliphatic hydroxyl groups excluding tert-OH is 3. The van der Waals surface area contributed by atoms with Crippen LogP contribution in [-0.4, -0.2) is 54.8 Å². The fourth-order valence-corrected chi connectivity index (χ4v) is 2.87. The molecule has 0 spiro atoms. The Morgan fingerprint density at radius 2 is 2.00 bits per heavy atom. The topological polar surface area (TPSA) is 121 Å². The van der Waals surface area contributed by atoms with Crippen molar-refractivity contribution >= 4 is 23.3 Å². The summed E-state index contributed by atoms with van der Waals surface area (Å²) >= 11 is 4.91. The highest BCUT2D eigenvalue weighted by atomic mass is 32.1. The molecule has 1 fully saturated rings. The van der Waals surface area contributed by atoms with E-state index in [1.807, 2.05) is 0 Å². The quantitative estimate of drug-likeness (QED) is 0.423. The highest BCUT2D eigenvalue weighted by Crippen LogP contribution is 2.31. The van der Waals surface area contributed by atoms with Crippen LogP contribution in [0.25, 0.3) is 11.0 Å². The summed E-state index contributed by atoms with van der Waals surface area (Å²) in [5, 5.41) is 28.3. The van der Waals surface area contributed by atoms with Gasteiger partial charge in [0.05, 0.1) is 12.0 Å². The average Bonchev–Trinajstić information content (AvgIpc) is 2.84. The number of H-pyrrole nitrogens is 1. The summed E-state index contributed by atoms with van der Waals surface area (Å²) in [4.78, 5) is 17.3. The smallest absolute Gasteiger partial charge is 0.394 e. The number of hydrogen-bond acceptors (Lipinski definition) is 7. The summed E-state index contributed by atoms with van der Waals surface area (Å²) in [7, 11) is 0. The number of rotatable bonds is 2. The SMILES string of the molecule is O=c1c(F)c(C(F)(F)F)[nH]c2nc(=S)n([C@@H]3O[C@H](CO)C(O)[C@@H]3O)cc12. The Morgan fingerprint density at radius 3 is 2.54 bits per heavy atom. The molecular weight excluding hydrogens is 386 g/mol. The Hall–Kier alpha value is -1.93. The average molecular weight is 397 g/mol. The van der Waals surface area contributed by atoms with Crippen molar-refractivity contribution in [2.75, 3.05) is 6.61 Å². The number of aromatic nitrogens is 3. The number of halogens is 4. The lowest BCUT2D eigenvalue weighted by Gasteiger charge is -2.19. The van der Waals surface area contributed by atoms with Gasteiger partial charge >= 0.3 is 6.18 Å². The molecule has 0 aliphatic carbocycles. The Labute approximate surface area is 146 Å². The van der Waals surface area contributed by atoms with Crippen molar-refractivity contribution in [3.8, 4) is 0 Å². The maximum atomic E-state index is 13.8. The lowest BCUT2D eigenvalue weighted by Crippen LogP contribution is -2.33. The number of fused-ring (bicyclic) bond motifs is 1. The van der Waals surface area contributed by atoms with Crippen molar-refractivity contribution in [2.24, 2.45) is 0 Å². The first kappa shape index (κ1) is 18.8. The first-order chi connectivity index (χ1) is 12.1. The molecule has 0 amide bonds. The zero-order chi connectivity index (χ0) is 19.4. The summed E-state index contributed by atoms with van der Waals surface area (Å²) in [5.41, 5.74) is -4.06. The van der Waals surface area contributed by atoms with Gasteiger partial charge in [-0.15, -0.1) is 0 Å². The molecule has 26 heavy (non-hydrogen) atoms. The molecule has 2 aromatic rings. The Balaban J connectivity index is 2.19. The van der Waals surface area contributed by atoms with Crippen LogP contribution >= 0.6 is 12.2 Å². The van der Waals surface area contributed by atoms with Crippen molar-refractivity contribution in [3.63, 3.8) is 0 Å². The van der Waals surface area contributed by atoms with E-state index in [1.165, 1.54) is 0 Å². The summed E-state index contributed by atoms with van der Waals surface area (Å²) in [6.45, 7) is -0.632. The lowest BCUT2D eigenvalue weighted by molar-refractivity contribution is -0.143. The van der Waals surface area contributed by atoms with E-state index in [-0.39, 0.29) is 0 Å². The molecule has 0 radical (unpaired) electrons. The van der Waals surface area contributed by atoms with E-state index in [9.17, 15) is 32.6 Å². The molecule has 3 rings (SSSR count). The third-order valence-electron chi connectivity index (χ3n) is 3.93. The van der Waals surface area contributed by atoms with Crippen LogP contribution in [0.4, 0.5) is 17.6 Å². The van der Waals surface area contributed by atoms with Gasteiger partial charge in [0.25, 0.3) is 0 Å². The number of pyridine rings is 1. The number of aliphatic hydroxyl groups is 3. The van der Waals surface area contributed by atoms with Gasteiger partial charge in [0.1, 0.15) is 24.0 Å². The second-order valence-corrected chi connectivity index (χ2v) is 5.93. The van der Waals surface area contributed by atoms with Crippen molar-refractivity contribution in [1.82, 2.24) is 14.5 Å². The minimum Gasteiger partial charge on any atom is -0.394 e. The molecule has 0 saturated carbocycles. The predicted molar refractivity (Wildman–Crippen MR) is 79.2 cm³/mol. The van der Waals surface area contributed by atoms with Crippen molar-refractivity contribution in [3.05, 3.63) is 32.7 Å². The van der Waals surface area contributed by atoms with E-state index in [1.54, 1.807) is 4.98 Å². The number of nitrogens with one attached hydrogen (secondary N) is 1. The van der Waals surface area contributed by atoms with Crippen LogP contribution in [0.15, 0.2) is 11.0 Å². The first-order valence-corrected chi connectivity index (χ1v) is 7.51. The van der Waals surface area contributed by atoms with Gasteiger partial charge in [-0.25, -0.2) is 9.37 Å². The molecule has 1 saturated heterocycles. The van der Waals surface area contributed by atoms with E-state index in [0.717, 1.165) is 10.8 Å². The second-order valence-electron chi connectivity index (χ2n) is 5.56. The number of aromatic amines is 1. The number of alkyl halides is 3. The van der Waals surface area contributed by atoms with Crippen molar-refractivity contribution < 1.29 is 37.6 Å². The fraction of sp³-hybridized carbons (Fsp3) is 0.462. The van der Waals surface area contributed by atoms with E-state index >= 15 is 0 Å². The minimum absolute atomic E-state index is 0.400. The molecule has 4 N–H and O–H groups in total. The van der Waals surface area contributed by atoms with Crippen LogP contribution in [0.3, 0.4) is 0 Å². The van der Waals surface area contributed by atoms with E-state index in [0.29, 0.717) is 0 Å². The van der Waals surface area contributed by atoms with Gasteiger partial charge in [0, 0.05) is 6.20 Å². The predicted octanol–water partition coefficient (Wildman–Crippen LogP) is 0.223. The Bertz CT molecular complexity index is 975. The lowest BCUT2D eigenvalue weighted by atomic mass is 10.1. The third kappa shape index (κ3) is 2.91. The monoisotopic (exact) mass is 397 g/mol. The normalized spacial score (nSPS) is 26.6. The van der Waals surface area contributed by atoms with Crippen LogP contribution in [0.5, 0.6) is 0 Å². The van der Waals surface area contributed by atoms with Crippen LogP contribution in [0.2, 0.25) is 0 Å². The number of hydrogen-bond donors (Lipinski definition) is 4. The zero-order valence-electron chi connectivity index (χ0n) is 12.6. The van der Waals surface area contributed by atoms with Crippen LogP contribution in [0, 0.1) is 10.6 Å². The second kappa shape index (κ2) is 6.35. The first-order valence-electron chi connectivity index (χ1n) is 7.10. The van der Waals surface area contributed by atoms with Gasteiger partial charge in [-0.2, -0.15) is 13.2 Å². The molecule has 1 aliphatic rings. The molecule has 0 aromatic carbocycles. The molecule has 13 heteroatoms. The highest BCUT2D eigenvalue weighted by Gasteiger charge is 2.44. The maximum Gasteiger partial charge on any atom is 0.434 e. The highest BCUT2D eigenvalue weighted by molar-refractivity contribution is 7.71. The van der Waals surface area contributed by atoms with Gasteiger partial charge in [-0.1, -0.05) is 0 Å². The van der Waals surface area contributed by atoms with Crippen LogP contribution in [-0.2, 0) is 10.9 Å². The maximum absolute atomic E-state index is 13.8. The fourth-order valence-electron chi connectivity index (χ4n) is 2.62. The van der Waals surface area contributed by atoms with Crippen molar-refractivity contribution in [2.45, 2.75) is 30.7 Å². The molecule has 1 aliphatic heterocycles. The zero-order valence-corrected chi connectivity index (χ0v) is 13.4. The molecule has 0 bridgehead atoms. The van der Waals surface area contributed by atoms with Crippen LogP contribution < -0.4 is 5.43 Å². The number of nitrogens with zero attached hydrogens (tertiary/aromatic N) is 2. The van der Waals surface area contributed by atoms with Gasteiger partial charge in [-0.05, 0) is 12.2 Å². The molecule has 1 unspecified atom stereocenters. The van der Waals surface area contributed by atoms with E-state index in [4.69, 9.17) is 22.1 Å². The molecular formula is C13H11F4N3O5S. The summed E-state index contributed by atoms with van der Waals surface area (Å²) < 4.78 is 57.9. The Kier molecular flexibility index (Phi) is 4.60. The van der Waals surface area contributed by atoms with E-state index < -0.39 is 70.1 Å². The molecule has 3 heterocycles. The van der Waals surface area contributed by atoms with Crippen LogP contribution in [0.1, 0.15) is 11.9 Å². The van der Waals surface area contributed by atoms with E-state index in [2.05, 4.69) is 4.98 Å². The third-order valence-corrected chi connectivity index (χ3v) is 4.24. The largest absolute Gasteiger partial charge is 0.434 e.